The molecule has 1 N–H and O–H groups in total. The van der Waals surface area contributed by atoms with E-state index in [1.54, 1.807) is 13.3 Å². The zero-order chi connectivity index (χ0) is 12.7. The van der Waals surface area contributed by atoms with E-state index in [-0.39, 0.29) is 0 Å². The molecule has 0 aliphatic heterocycles. The first kappa shape index (κ1) is 13.8. The minimum absolute atomic E-state index is 0.489. The lowest BCUT2D eigenvalue weighted by atomic mass is 9.97. The second kappa shape index (κ2) is 7.15. The van der Waals surface area contributed by atoms with E-state index in [1.807, 2.05) is 12.1 Å². The highest BCUT2D eigenvalue weighted by atomic mass is 16.5. The number of rotatable bonds is 7. The first-order valence-electron chi connectivity index (χ1n) is 6.46. The number of nitrogens with one attached hydrogen (secondary N) is 1. The highest BCUT2D eigenvalue weighted by Gasteiger charge is 2.12. The van der Waals surface area contributed by atoms with Gasteiger partial charge in [0.1, 0.15) is 0 Å². The van der Waals surface area contributed by atoms with Crippen LogP contribution in [0.1, 0.15) is 40.0 Å². The van der Waals surface area contributed by atoms with Gasteiger partial charge in [0.25, 0.3) is 0 Å². The van der Waals surface area contributed by atoms with Crippen molar-refractivity contribution < 1.29 is 4.74 Å². The largest absolute Gasteiger partial charge is 0.480 e. The van der Waals surface area contributed by atoms with E-state index in [9.17, 15) is 0 Å². The van der Waals surface area contributed by atoms with E-state index in [1.165, 1.54) is 12.8 Å². The summed E-state index contributed by atoms with van der Waals surface area (Å²) < 4.78 is 5.25. The zero-order valence-electron chi connectivity index (χ0n) is 11.4. The summed E-state index contributed by atoms with van der Waals surface area (Å²) in [5.74, 6) is 1.42. The Balaban J connectivity index is 2.66. The number of anilines is 1. The molecule has 1 rings (SSSR count). The maximum absolute atomic E-state index is 5.25. The molecule has 0 bridgehead atoms. The maximum Gasteiger partial charge on any atom is 0.237 e. The van der Waals surface area contributed by atoms with E-state index < -0.39 is 0 Å². The maximum atomic E-state index is 5.25. The van der Waals surface area contributed by atoms with Crippen molar-refractivity contribution in [2.24, 2.45) is 5.92 Å². The molecular weight excluding hydrogens is 212 g/mol. The Morgan fingerprint density at radius 1 is 1.35 bits per heavy atom. The number of pyridine rings is 1. The lowest BCUT2D eigenvalue weighted by Gasteiger charge is -2.22. The van der Waals surface area contributed by atoms with Gasteiger partial charge in [-0.2, -0.15) is 0 Å². The quantitative estimate of drug-likeness (QED) is 0.783. The molecule has 3 heteroatoms. The number of methoxy groups -OCH3 is 1. The summed E-state index contributed by atoms with van der Waals surface area (Å²) in [6.45, 7) is 6.75. The molecule has 0 aliphatic carbocycles. The van der Waals surface area contributed by atoms with Gasteiger partial charge in [-0.1, -0.05) is 27.2 Å². The summed E-state index contributed by atoms with van der Waals surface area (Å²) in [7, 11) is 1.66. The van der Waals surface area contributed by atoms with Crippen molar-refractivity contribution in [1.29, 1.82) is 0 Å². The third kappa shape index (κ3) is 4.25. The molecule has 0 fully saturated rings. The van der Waals surface area contributed by atoms with Crippen LogP contribution in [-0.2, 0) is 0 Å². The SMILES string of the molecule is CCC(C)CC(CC)Nc1cccnc1OC. The lowest BCUT2D eigenvalue weighted by molar-refractivity contribution is 0.397. The predicted octanol–water partition coefficient (Wildman–Crippen LogP) is 3.72. The fourth-order valence-electron chi connectivity index (χ4n) is 1.86. The minimum Gasteiger partial charge on any atom is -0.480 e. The summed E-state index contributed by atoms with van der Waals surface area (Å²) in [6, 6.07) is 4.44. The van der Waals surface area contributed by atoms with Gasteiger partial charge in [0.15, 0.2) is 0 Å². The van der Waals surface area contributed by atoms with Crippen LogP contribution in [0.3, 0.4) is 0 Å². The standard InChI is InChI=1S/C14H24N2O/c1-5-11(3)10-12(6-2)16-13-8-7-9-15-14(13)17-4/h7-9,11-12,16H,5-6,10H2,1-4H3. The van der Waals surface area contributed by atoms with Crippen LogP contribution in [0.5, 0.6) is 5.88 Å². The monoisotopic (exact) mass is 236 g/mol. The number of hydrogen-bond donors (Lipinski definition) is 1. The summed E-state index contributed by atoms with van der Waals surface area (Å²) in [5.41, 5.74) is 0.991. The van der Waals surface area contributed by atoms with Gasteiger partial charge in [-0.15, -0.1) is 0 Å². The zero-order valence-corrected chi connectivity index (χ0v) is 11.4. The Kier molecular flexibility index (Phi) is 5.81. The predicted molar refractivity (Wildman–Crippen MR) is 72.6 cm³/mol. The summed E-state index contributed by atoms with van der Waals surface area (Å²) in [4.78, 5) is 4.20. The van der Waals surface area contributed by atoms with Gasteiger partial charge in [0.2, 0.25) is 5.88 Å². The Labute approximate surface area is 105 Å². The Morgan fingerprint density at radius 3 is 2.71 bits per heavy atom. The molecule has 1 heterocycles. The Hall–Kier alpha value is -1.25. The molecule has 0 radical (unpaired) electrons. The van der Waals surface area contributed by atoms with E-state index in [0.29, 0.717) is 11.9 Å². The molecule has 0 aromatic carbocycles. The van der Waals surface area contributed by atoms with E-state index in [4.69, 9.17) is 4.74 Å². The molecule has 1 aromatic heterocycles. The first-order valence-corrected chi connectivity index (χ1v) is 6.46. The van der Waals surface area contributed by atoms with Crippen LogP contribution in [0, 0.1) is 5.92 Å². The van der Waals surface area contributed by atoms with Gasteiger partial charge in [0.05, 0.1) is 12.8 Å². The molecular formula is C14H24N2O. The molecule has 0 aliphatic rings. The van der Waals surface area contributed by atoms with Crippen molar-refractivity contribution in [3.63, 3.8) is 0 Å². The number of nitrogens with zero attached hydrogens (tertiary/aromatic N) is 1. The molecule has 1 aromatic rings. The van der Waals surface area contributed by atoms with Crippen LogP contribution >= 0.6 is 0 Å². The Bertz CT molecular complexity index is 328. The molecule has 0 saturated heterocycles. The van der Waals surface area contributed by atoms with Crippen molar-refractivity contribution in [2.45, 2.75) is 46.1 Å². The second-order valence-electron chi connectivity index (χ2n) is 4.56. The molecule has 2 unspecified atom stereocenters. The van der Waals surface area contributed by atoms with E-state index in [2.05, 4.69) is 31.1 Å². The average molecular weight is 236 g/mol. The fourth-order valence-corrected chi connectivity index (χ4v) is 1.86. The van der Waals surface area contributed by atoms with Crippen molar-refractivity contribution in [1.82, 2.24) is 4.98 Å². The summed E-state index contributed by atoms with van der Waals surface area (Å²) in [5, 5.41) is 3.53. The molecule has 0 saturated carbocycles. The summed E-state index contributed by atoms with van der Waals surface area (Å²) in [6.07, 6.45) is 5.27. The van der Waals surface area contributed by atoms with Crippen LogP contribution in [0.25, 0.3) is 0 Å². The summed E-state index contributed by atoms with van der Waals surface area (Å²) >= 11 is 0. The van der Waals surface area contributed by atoms with Gasteiger partial charge in [-0.3, -0.25) is 0 Å². The molecule has 0 amide bonds. The topological polar surface area (TPSA) is 34.2 Å². The average Bonchev–Trinajstić information content (AvgIpc) is 2.38. The second-order valence-corrected chi connectivity index (χ2v) is 4.56. The number of ether oxygens (including phenoxy) is 1. The minimum atomic E-state index is 0.489. The highest BCUT2D eigenvalue weighted by molar-refractivity contribution is 5.52. The molecule has 0 spiro atoms. The van der Waals surface area contributed by atoms with Crippen molar-refractivity contribution in [2.75, 3.05) is 12.4 Å². The number of aromatic nitrogens is 1. The third-order valence-corrected chi connectivity index (χ3v) is 3.20. The lowest BCUT2D eigenvalue weighted by Crippen LogP contribution is -2.21. The number of hydrogen-bond acceptors (Lipinski definition) is 3. The van der Waals surface area contributed by atoms with Gasteiger partial charge < -0.3 is 10.1 Å². The van der Waals surface area contributed by atoms with E-state index >= 15 is 0 Å². The molecule has 2 atom stereocenters. The van der Waals surface area contributed by atoms with Crippen LogP contribution in [0.15, 0.2) is 18.3 Å². The Morgan fingerprint density at radius 2 is 2.12 bits per heavy atom. The normalized spacial score (nSPS) is 14.1. The molecule has 96 valence electrons. The smallest absolute Gasteiger partial charge is 0.237 e. The van der Waals surface area contributed by atoms with Crippen LogP contribution in [0.4, 0.5) is 5.69 Å². The van der Waals surface area contributed by atoms with Crippen molar-refractivity contribution >= 4 is 5.69 Å². The van der Waals surface area contributed by atoms with Crippen molar-refractivity contribution in [3.05, 3.63) is 18.3 Å². The van der Waals surface area contributed by atoms with Gasteiger partial charge >= 0.3 is 0 Å². The van der Waals surface area contributed by atoms with Crippen LogP contribution in [0.2, 0.25) is 0 Å². The van der Waals surface area contributed by atoms with Gasteiger partial charge in [0, 0.05) is 12.2 Å². The van der Waals surface area contributed by atoms with E-state index in [0.717, 1.165) is 18.0 Å². The third-order valence-electron chi connectivity index (χ3n) is 3.20. The van der Waals surface area contributed by atoms with Gasteiger partial charge in [-0.25, -0.2) is 4.98 Å². The van der Waals surface area contributed by atoms with Crippen molar-refractivity contribution in [3.8, 4) is 5.88 Å². The highest BCUT2D eigenvalue weighted by Crippen LogP contribution is 2.23. The molecule has 17 heavy (non-hydrogen) atoms. The first-order chi connectivity index (χ1) is 8.21. The molecule has 3 nitrogen and oxygen atoms in total. The van der Waals surface area contributed by atoms with Crippen LogP contribution in [-0.4, -0.2) is 18.1 Å². The fraction of sp³-hybridized carbons (Fsp3) is 0.643. The van der Waals surface area contributed by atoms with Gasteiger partial charge in [-0.05, 0) is 30.9 Å². The van der Waals surface area contributed by atoms with Crippen LogP contribution < -0.4 is 10.1 Å².